The van der Waals surface area contributed by atoms with Gasteiger partial charge in [-0.15, -0.1) is 12.3 Å². The SMILES string of the molecule is C#CCCC(=O)Nc1cc(C)ccc1OC. The van der Waals surface area contributed by atoms with Gasteiger partial charge in [0.2, 0.25) is 5.91 Å². The third-order valence-corrected chi connectivity index (χ3v) is 2.13. The van der Waals surface area contributed by atoms with Crippen LogP contribution in [-0.2, 0) is 4.79 Å². The van der Waals surface area contributed by atoms with Gasteiger partial charge in [-0.1, -0.05) is 6.07 Å². The molecule has 1 rings (SSSR count). The van der Waals surface area contributed by atoms with Crippen molar-refractivity contribution in [3.05, 3.63) is 23.8 Å². The van der Waals surface area contributed by atoms with E-state index in [9.17, 15) is 4.79 Å². The van der Waals surface area contributed by atoms with Crippen LogP contribution in [0.1, 0.15) is 18.4 Å². The average Bonchev–Trinajstić information content (AvgIpc) is 2.27. The highest BCUT2D eigenvalue weighted by molar-refractivity contribution is 5.92. The number of hydrogen-bond donors (Lipinski definition) is 1. The highest BCUT2D eigenvalue weighted by atomic mass is 16.5. The predicted molar refractivity (Wildman–Crippen MR) is 64.4 cm³/mol. The number of anilines is 1. The van der Waals surface area contributed by atoms with Crippen molar-refractivity contribution in [3.63, 3.8) is 0 Å². The molecule has 1 aromatic carbocycles. The topological polar surface area (TPSA) is 38.3 Å². The van der Waals surface area contributed by atoms with E-state index in [0.29, 0.717) is 24.3 Å². The molecule has 0 aromatic heterocycles. The monoisotopic (exact) mass is 217 g/mol. The Labute approximate surface area is 95.8 Å². The molecule has 84 valence electrons. The summed E-state index contributed by atoms with van der Waals surface area (Å²) in [6.07, 6.45) is 5.87. The number of hydrogen-bond acceptors (Lipinski definition) is 2. The zero-order valence-corrected chi connectivity index (χ0v) is 9.54. The van der Waals surface area contributed by atoms with Crippen molar-refractivity contribution in [2.75, 3.05) is 12.4 Å². The first kappa shape index (κ1) is 12.1. The van der Waals surface area contributed by atoms with Crippen molar-refractivity contribution < 1.29 is 9.53 Å². The number of amides is 1. The van der Waals surface area contributed by atoms with Crippen LogP contribution in [0.2, 0.25) is 0 Å². The first-order chi connectivity index (χ1) is 7.67. The van der Waals surface area contributed by atoms with E-state index in [1.54, 1.807) is 7.11 Å². The van der Waals surface area contributed by atoms with Crippen LogP contribution < -0.4 is 10.1 Å². The lowest BCUT2D eigenvalue weighted by atomic mass is 10.2. The Kier molecular flexibility index (Phi) is 4.41. The van der Waals surface area contributed by atoms with Gasteiger partial charge in [0.25, 0.3) is 0 Å². The van der Waals surface area contributed by atoms with E-state index in [0.717, 1.165) is 5.56 Å². The van der Waals surface area contributed by atoms with Gasteiger partial charge in [0, 0.05) is 12.8 Å². The molecule has 0 aliphatic heterocycles. The molecule has 0 saturated heterocycles. The Morgan fingerprint density at radius 1 is 1.56 bits per heavy atom. The number of carbonyl (C=O) groups excluding carboxylic acids is 1. The lowest BCUT2D eigenvalue weighted by Crippen LogP contribution is -2.11. The van der Waals surface area contributed by atoms with Crippen LogP contribution in [-0.4, -0.2) is 13.0 Å². The van der Waals surface area contributed by atoms with Crippen molar-refractivity contribution in [2.45, 2.75) is 19.8 Å². The molecule has 0 spiro atoms. The quantitative estimate of drug-likeness (QED) is 0.786. The van der Waals surface area contributed by atoms with Crippen LogP contribution in [0.3, 0.4) is 0 Å². The fourth-order valence-electron chi connectivity index (χ4n) is 1.32. The second-order valence-corrected chi connectivity index (χ2v) is 3.46. The molecule has 0 fully saturated rings. The third kappa shape index (κ3) is 3.32. The molecular weight excluding hydrogens is 202 g/mol. The standard InChI is InChI=1S/C13H15NO2/c1-4-5-6-13(15)14-11-9-10(2)7-8-12(11)16-3/h1,7-9H,5-6H2,2-3H3,(H,14,15). The molecule has 0 atom stereocenters. The lowest BCUT2D eigenvalue weighted by Gasteiger charge is -2.10. The van der Waals surface area contributed by atoms with Crippen LogP contribution in [0.25, 0.3) is 0 Å². The summed E-state index contributed by atoms with van der Waals surface area (Å²) in [5.41, 5.74) is 1.75. The van der Waals surface area contributed by atoms with E-state index >= 15 is 0 Å². The summed E-state index contributed by atoms with van der Waals surface area (Å²) in [7, 11) is 1.57. The maximum absolute atomic E-state index is 11.5. The van der Waals surface area contributed by atoms with Gasteiger partial charge in [0.05, 0.1) is 12.8 Å². The van der Waals surface area contributed by atoms with E-state index < -0.39 is 0 Å². The van der Waals surface area contributed by atoms with Gasteiger partial charge in [-0.25, -0.2) is 0 Å². The Bertz CT molecular complexity index is 418. The smallest absolute Gasteiger partial charge is 0.225 e. The van der Waals surface area contributed by atoms with Crippen LogP contribution in [0.15, 0.2) is 18.2 Å². The zero-order valence-electron chi connectivity index (χ0n) is 9.54. The number of rotatable bonds is 4. The molecule has 16 heavy (non-hydrogen) atoms. The first-order valence-electron chi connectivity index (χ1n) is 5.05. The summed E-state index contributed by atoms with van der Waals surface area (Å²) in [4.78, 5) is 11.5. The molecule has 0 aliphatic carbocycles. The highest BCUT2D eigenvalue weighted by Crippen LogP contribution is 2.25. The van der Waals surface area contributed by atoms with E-state index in [2.05, 4.69) is 11.2 Å². The van der Waals surface area contributed by atoms with Crippen molar-refractivity contribution in [1.29, 1.82) is 0 Å². The number of aryl methyl sites for hydroxylation is 1. The van der Waals surface area contributed by atoms with Gasteiger partial charge in [0.1, 0.15) is 5.75 Å². The van der Waals surface area contributed by atoms with E-state index in [1.165, 1.54) is 0 Å². The molecule has 3 nitrogen and oxygen atoms in total. The van der Waals surface area contributed by atoms with Crippen molar-refractivity contribution >= 4 is 11.6 Å². The number of carbonyl (C=O) groups is 1. The maximum atomic E-state index is 11.5. The minimum absolute atomic E-state index is 0.0955. The van der Waals surface area contributed by atoms with Gasteiger partial charge in [0.15, 0.2) is 0 Å². The second-order valence-electron chi connectivity index (χ2n) is 3.46. The van der Waals surface area contributed by atoms with Gasteiger partial charge >= 0.3 is 0 Å². The van der Waals surface area contributed by atoms with E-state index in [4.69, 9.17) is 11.2 Å². The Hall–Kier alpha value is -1.95. The minimum atomic E-state index is -0.0955. The number of ether oxygens (including phenoxy) is 1. The molecule has 1 N–H and O–H groups in total. The van der Waals surface area contributed by atoms with Crippen LogP contribution >= 0.6 is 0 Å². The van der Waals surface area contributed by atoms with E-state index in [1.807, 2.05) is 25.1 Å². The summed E-state index contributed by atoms with van der Waals surface area (Å²) in [5.74, 6) is 2.99. The molecule has 0 bridgehead atoms. The van der Waals surface area contributed by atoms with Gasteiger partial charge < -0.3 is 10.1 Å². The summed E-state index contributed by atoms with van der Waals surface area (Å²) in [5, 5.41) is 2.78. The lowest BCUT2D eigenvalue weighted by molar-refractivity contribution is -0.116. The number of methoxy groups -OCH3 is 1. The number of nitrogens with one attached hydrogen (secondary N) is 1. The Morgan fingerprint density at radius 2 is 2.31 bits per heavy atom. The molecule has 0 heterocycles. The summed E-state index contributed by atoms with van der Waals surface area (Å²) in [6.45, 7) is 1.95. The van der Waals surface area contributed by atoms with Gasteiger partial charge in [-0.2, -0.15) is 0 Å². The summed E-state index contributed by atoms with van der Waals surface area (Å²) >= 11 is 0. The molecule has 0 radical (unpaired) electrons. The van der Waals surface area contributed by atoms with Crippen molar-refractivity contribution in [3.8, 4) is 18.1 Å². The normalized spacial score (nSPS) is 9.31. The molecule has 0 saturated carbocycles. The fraction of sp³-hybridized carbons (Fsp3) is 0.308. The molecule has 0 unspecified atom stereocenters. The van der Waals surface area contributed by atoms with Gasteiger partial charge in [-0.05, 0) is 24.6 Å². The summed E-state index contributed by atoms with van der Waals surface area (Å²) < 4.78 is 5.15. The first-order valence-corrected chi connectivity index (χ1v) is 5.05. The summed E-state index contributed by atoms with van der Waals surface area (Å²) in [6, 6.07) is 5.62. The van der Waals surface area contributed by atoms with Crippen molar-refractivity contribution in [1.82, 2.24) is 0 Å². The molecule has 1 aromatic rings. The van der Waals surface area contributed by atoms with Crippen LogP contribution in [0, 0.1) is 19.3 Å². The molecule has 1 amide bonds. The van der Waals surface area contributed by atoms with Crippen molar-refractivity contribution in [2.24, 2.45) is 0 Å². The maximum Gasteiger partial charge on any atom is 0.225 e. The Morgan fingerprint density at radius 3 is 2.94 bits per heavy atom. The molecular formula is C13H15NO2. The third-order valence-electron chi connectivity index (χ3n) is 2.13. The number of terminal acetylenes is 1. The number of benzene rings is 1. The van der Waals surface area contributed by atoms with E-state index in [-0.39, 0.29) is 5.91 Å². The van der Waals surface area contributed by atoms with Crippen LogP contribution in [0.4, 0.5) is 5.69 Å². The molecule has 0 aliphatic rings. The largest absolute Gasteiger partial charge is 0.495 e. The van der Waals surface area contributed by atoms with Crippen LogP contribution in [0.5, 0.6) is 5.75 Å². The second kappa shape index (κ2) is 5.82. The van der Waals surface area contributed by atoms with Gasteiger partial charge in [-0.3, -0.25) is 4.79 Å². The fourth-order valence-corrected chi connectivity index (χ4v) is 1.32. The highest BCUT2D eigenvalue weighted by Gasteiger charge is 2.06. The zero-order chi connectivity index (χ0) is 12.0. The Balaban J connectivity index is 2.76. The predicted octanol–water partition coefficient (Wildman–Crippen LogP) is 2.36. The molecule has 3 heteroatoms. The minimum Gasteiger partial charge on any atom is -0.495 e. The average molecular weight is 217 g/mol.